The van der Waals surface area contributed by atoms with E-state index in [1.165, 1.54) is 6.92 Å². The minimum atomic E-state index is -3.95. The quantitative estimate of drug-likeness (QED) is 0.863. The molecule has 1 rings (SSSR count). The third kappa shape index (κ3) is 3.14. The van der Waals surface area contributed by atoms with Crippen LogP contribution in [0.3, 0.4) is 0 Å². The molecule has 0 saturated heterocycles. The molecule has 0 saturated carbocycles. The first-order valence-electron chi connectivity index (χ1n) is 5.05. The van der Waals surface area contributed by atoms with Gasteiger partial charge in [-0.25, -0.2) is 9.18 Å². The Balaban J connectivity index is 3.04. The van der Waals surface area contributed by atoms with E-state index < -0.39 is 23.8 Å². The summed E-state index contributed by atoms with van der Waals surface area (Å²) in [5, 5.41) is -0.0832. The van der Waals surface area contributed by atoms with Gasteiger partial charge in [0.25, 0.3) is 0 Å². The van der Waals surface area contributed by atoms with E-state index >= 15 is 0 Å². The number of benzene rings is 1. The predicted octanol–water partition coefficient (Wildman–Crippen LogP) is 2.68. The summed E-state index contributed by atoms with van der Waals surface area (Å²) in [6.07, 6.45) is 0. The molecule has 100 valence electrons. The Hall–Kier alpha value is -1.27. The van der Waals surface area contributed by atoms with Crippen LogP contribution < -0.4 is 5.73 Å². The molecule has 0 fully saturated rings. The second-order valence-electron chi connectivity index (χ2n) is 3.52. The molecular formula is C11H11ClF3NO2. The number of hydrogen-bond acceptors (Lipinski definition) is 3. The Morgan fingerprint density at radius 1 is 1.50 bits per heavy atom. The molecular weight excluding hydrogens is 271 g/mol. The van der Waals surface area contributed by atoms with Gasteiger partial charge in [0.05, 0.1) is 6.61 Å². The summed E-state index contributed by atoms with van der Waals surface area (Å²) in [5.41, 5.74) is 4.99. The van der Waals surface area contributed by atoms with Crippen molar-refractivity contribution >= 4 is 17.6 Å². The highest BCUT2D eigenvalue weighted by molar-refractivity contribution is 6.30. The number of halogens is 4. The number of rotatable bonds is 4. The van der Waals surface area contributed by atoms with Crippen molar-refractivity contribution in [3.05, 3.63) is 34.6 Å². The van der Waals surface area contributed by atoms with Gasteiger partial charge in [0.2, 0.25) is 0 Å². The van der Waals surface area contributed by atoms with Crippen LogP contribution in [0.25, 0.3) is 0 Å². The molecule has 0 radical (unpaired) electrons. The minimum Gasteiger partial charge on any atom is -0.462 e. The summed E-state index contributed by atoms with van der Waals surface area (Å²) < 4.78 is 44.4. The molecule has 0 aliphatic rings. The molecule has 0 spiro atoms. The van der Waals surface area contributed by atoms with Crippen LogP contribution >= 0.6 is 11.6 Å². The first-order chi connectivity index (χ1) is 8.28. The summed E-state index contributed by atoms with van der Waals surface area (Å²) in [6.45, 7) is 1.18. The van der Waals surface area contributed by atoms with E-state index in [1.54, 1.807) is 0 Å². The highest BCUT2D eigenvalue weighted by Gasteiger charge is 2.47. The van der Waals surface area contributed by atoms with Crippen LogP contribution in [0.2, 0.25) is 5.02 Å². The Labute approximate surface area is 107 Å². The Bertz CT molecular complexity index is 434. The predicted molar refractivity (Wildman–Crippen MR) is 59.9 cm³/mol. The summed E-state index contributed by atoms with van der Waals surface area (Å²) in [4.78, 5) is 11.1. The number of esters is 1. The molecule has 0 aliphatic carbocycles. The number of nitrogens with two attached hydrogens (primary N) is 1. The minimum absolute atomic E-state index is 0.0832. The van der Waals surface area contributed by atoms with E-state index in [0.29, 0.717) is 0 Å². The van der Waals surface area contributed by atoms with Crippen LogP contribution in [0.5, 0.6) is 0 Å². The highest BCUT2D eigenvalue weighted by atomic mass is 35.5. The molecule has 0 unspecified atom stereocenters. The summed E-state index contributed by atoms with van der Waals surface area (Å²) in [6, 6.07) is 0.789. The topological polar surface area (TPSA) is 52.3 Å². The molecule has 3 nitrogen and oxygen atoms in total. The average Bonchev–Trinajstić information content (AvgIpc) is 2.26. The van der Waals surface area contributed by atoms with Crippen LogP contribution in [-0.4, -0.2) is 18.5 Å². The largest absolute Gasteiger partial charge is 0.462 e. The van der Waals surface area contributed by atoms with E-state index in [1.807, 2.05) is 0 Å². The second-order valence-corrected chi connectivity index (χ2v) is 3.96. The number of ether oxygens (including phenoxy) is 1. The van der Waals surface area contributed by atoms with E-state index in [-0.39, 0.29) is 17.2 Å². The molecule has 0 aliphatic heterocycles. The van der Waals surface area contributed by atoms with Crippen molar-refractivity contribution in [2.75, 3.05) is 6.61 Å². The molecule has 1 atom stereocenters. The lowest BCUT2D eigenvalue weighted by molar-refractivity contribution is -0.174. The molecule has 2 N–H and O–H groups in total. The Morgan fingerprint density at radius 3 is 2.61 bits per heavy atom. The second kappa shape index (κ2) is 5.58. The fourth-order valence-electron chi connectivity index (χ4n) is 1.32. The van der Waals surface area contributed by atoms with Crippen molar-refractivity contribution in [1.82, 2.24) is 0 Å². The first-order valence-corrected chi connectivity index (χ1v) is 5.43. The van der Waals surface area contributed by atoms with Gasteiger partial charge in [-0.05, 0) is 30.7 Å². The summed E-state index contributed by atoms with van der Waals surface area (Å²) >= 11 is 5.53. The van der Waals surface area contributed by atoms with Crippen LogP contribution in [-0.2, 0) is 9.53 Å². The van der Waals surface area contributed by atoms with Gasteiger partial charge in [0.1, 0.15) is 11.9 Å². The SMILES string of the molecule is CCOC(=O)C(F)(F)[C@H](N)c1cc(F)cc(Cl)c1. The monoisotopic (exact) mass is 281 g/mol. The van der Waals surface area contributed by atoms with Gasteiger partial charge in [0, 0.05) is 5.02 Å². The molecule has 18 heavy (non-hydrogen) atoms. The molecule has 0 aromatic heterocycles. The summed E-state index contributed by atoms with van der Waals surface area (Å²) in [7, 11) is 0. The Morgan fingerprint density at radius 2 is 2.11 bits per heavy atom. The summed E-state index contributed by atoms with van der Waals surface area (Å²) in [5.74, 6) is -6.52. The average molecular weight is 282 g/mol. The van der Waals surface area contributed by atoms with Gasteiger partial charge >= 0.3 is 11.9 Å². The smallest absolute Gasteiger partial charge is 0.379 e. The van der Waals surface area contributed by atoms with Gasteiger partial charge < -0.3 is 10.5 Å². The molecule has 7 heteroatoms. The van der Waals surface area contributed by atoms with E-state index in [4.69, 9.17) is 17.3 Å². The van der Waals surface area contributed by atoms with E-state index in [9.17, 15) is 18.0 Å². The fraction of sp³-hybridized carbons (Fsp3) is 0.364. The molecule has 0 bridgehead atoms. The highest BCUT2D eigenvalue weighted by Crippen LogP contribution is 2.32. The molecule has 0 amide bonds. The number of carbonyl (C=O) groups is 1. The van der Waals surface area contributed by atoms with Gasteiger partial charge in [-0.1, -0.05) is 11.6 Å². The molecule has 1 aromatic carbocycles. The first kappa shape index (κ1) is 14.8. The Kier molecular flexibility index (Phi) is 4.59. The van der Waals surface area contributed by atoms with Crippen molar-refractivity contribution in [3.63, 3.8) is 0 Å². The van der Waals surface area contributed by atoms with Gasteiger partial charge in [-0.3, -0.25) is 0 Å². The maximum absolute atomic E-state index is 13.6. The lowest BCUT2D eigenvalue weighted by atomic mass is 10.0. The number of hydrogen-bond donors (Lipinski definition) is 1. The van der Waals surface area contributed by atoms with Crippen LogP contribution in [0.1, 0.15) is 18.5 Å². The number of alkyl halides is 2. The van der Waals surface area contributed by atoms with Gasteiger partial charge in [-0.15, -0.1) is 0 Å². The van der Waals surface area contributed by atoms with Gasteiger partial charge in [0.15, 0.2) is 0 Å². The van der Waals surface area contributed by atoms with E-state index in [0.717, 1.165) is 18.2 Å². The maximum atomic E-state index is 13.6. The van der Waals surface area contributed by atoms with Crippen LogP contribution in [0.15, 0.2) is 18.2 Å². The van der Waals surface area contributed by atoms with Gasteiger partial charge in [-0.2, -0.15) is 8.78 Å². The van der Waals surface area contributed by atoms with Crippen LogP contribution in [0.4, 0.5) is 13.2 Å². The zero-order valence-electron chi connectivity index (χ0n) is 9.42. The molecule has 1 aromatic rings. The molecule has 0 heterocycles. The van der Waals surface area contributed by atoms with Crippen molar-refractivity contribution < 1.29 is 22.7 Å². The zero-order chi connectivity index (χ0) is 13.9. The third-order valence-electron chi connectivity index (χ3n) is 2.18. The van der Waals surface area contributed by atoms with E-state index in [2.05, 4.69) is 4.74 Å². The number of carbonyl (C=O) groups excluding carboxylic acids is 1. The van der Waals surface area contributed by atoms with Crippen molar-refractivity contribution in [2.45, 2.75) is 18.9 Å². The standard InChI is InChI=1S/C11H11ClF3NO2/c1-2-18-10(17)11(14,15)9(16)6-3-7(12)5-8(13)4-6/h3-5,9H,2,16H2,1H3/t9-/m1/s1. The third-order valence-corrected chi connectivity index (χ3v) is 2.40. The maximum Gasteiger partial charge on any atom is 0.379 e. The lowest BCUT2D eigenvalue weighted by Gasteiger charge is -2.22. The fourth-order valence-corrected chi connectivity index (χ4v) is 1.55. The normalized spacial score (nSPS) is 13.2. The zero-order valence-corrected chi connectivity index (χ0v) is 10.2. The van der Waals surface area contributed by atoms with Crippen molar-refractivity contribution in [3.8, 4) is 0 Å². The van der Waals surface area contributed by atoms with Crippen molar-refractivity contribution in [1.29, 1.82) is 0 Å². The van der Waals surface area contributed by atoms with Crippen LogP contribution in [0, 0.1) is 5.82 Å². The lowest BCUT2D eigenvalue weighted by Crippen LogP contribution is -2.41. The van der Waals surface area contributed by atoms with Crippen molar-refractivity contribution in [2.24, 2.45) is 5.73 Å².